The molecule has 0 aliphatic heterocycles. The largest absolute Gasteiger partial charge is 0.336 e. The van der Waals surface area contributed by atoms with E-state index in [1.165, 1.54) is 0 Å². The second-order valence-corrected chi connectivity index (χ2v) is 6.56. The average Bonchev–Trinajstić information content (AvgIpc) is 2.97. The topological polar surface area (TPSA) is 80.9 Å². The molecule has 4 rings (SSSR count). The molecule has 0 aliphatic rings. The van der Waals surface area contributed by atoms with Gasteiger partial charge in [-0.05, 0) is 38.1 Å². The van der Waals surface area contributed by atoms with Crippen LogP contribution in [0.15, 0.2) is 45.5 Å². The van der Waals surface area contributed by atoms with E-state index in [0.717, 1.165) is 9.86 Å². The Morgan fingerprint density at radius 2 is 2.04 bits per heavy atom. The Hall–Kier alpha value is -2.51. The van der Waals surface area contributed by atoms with Gasteiger partial charge >= 0.3 is 0 Å². The third kappa shape index (κ3) is 3.04. The molecule has 6 nitrogen and oxygen atoms in total. The number of fused-ring (bicyclic) bond motifs is 2. The van der Waals surface area contributed by atoms with Gasteiger partial charge in [-0.3, -0.25) is 9.78 Å². The number of hydrogen-bond acceptors (Lipinski definition) is 5. The van der Waals surface area contributed by atoms with Gasteiger partial charge in [0.15, 0.2) is 0 Å². The normalized spacial score (nSPS) is 10.7. The molecule has 4 aromatic rings. The highest BCUT2D eigenvalue weighted by molar-refractivity contribution is 9.10. The number of hydrogen-bond donors (Lipinski definition) is 1. The molecule has 0 unspecified atom stereocenters. The Labute approximate surface area is 163 Å². The first-order chi connectivity index (χ1) is 12.0. The Bertz CT molecular complexity index is 1140. The van der Waals surface area contributed by atoms with Crippen LogP contribution in [0.3, 0.4) is 0 Å². The van der Waals surface area contributed by atoms with Crippen molar-refractivity contribution in [2.45, 2.75) is 13.8 Å². The summed E-state index contributed by atoms with van der Waals surface area (Å²) in [5.41, 5.74) is 3.52. The third-order valence-corrected chi connectivity index (χ3v) is 4.65. The van der Waals surface area contributed by atoms with Crippen LogP contribution in [0.4, 0.5) is 5.69 Å². The molecule has 8 heteroatoms. The Balaban J connectivity index is 0.00000196. The maximum absolute atomic E-state index is 12.9. The van der Waals surface area contributed by atoms with Crippen molar-refractivity contribution >= 4 is 61.9 Å². The molecular formula is C18H14BrClN4O2. The number of aromatic nitrogens is 3. The van der Waals surface area contributed by atoms with E-state index in [9.17, 15) is 4.79 Å². The van der Waals surface area contributed by atoms with Gasteiger partial charge in [-0.15, -0.1) is 12.4 Å². The molecule has 26 heavy (non-hydrogen) atoms. The molecule has 1 amide bonds. The molecular weight excluding hydrogens is 420 g/mol. The van der Waals surface area contributed by atoms with E-state index in [1.807, 2.05) is 31.2 Å². The van der Waals surface area contributed by atoms with Crippen molar-refractivity contribution in [2.24, 2.45) is 0 Å². The Morgan fingerprint density at radius 1 is 1.23 bits per heavy atom. The van der Waals surface area contributed by atoms with Gasteiger partial charge in [-0.2, -0.15) is 0 Å². The van der Waals surface area contributed by atoms with Gasteiger partial charge in [0.25, 0.3) is 11.6 Å². The fraction of sp³-hybridized carbons (Fsp3) is 0.111. The van der Waals surface area contributed by atoms with Crippen molar-refractivity contribution < 1.29 is 9.32 Å². The van der Waals surface area contributed by atoms with Gasteiger partial charge in [-0.1, -0.05) is 27.2 Å². The van der Waals surface area contributed by atoms with Gasteiger partial charge in [0.2, 0.25) is 0 Å². The zero-order chi connectivity index (χ0) is 17.6. The van der Waals surface area contributed by atoms with Crippen LogP contribution in [0.5, 0.6) is 0 Å². The number of pyridine rings is 2. The van der Waals surface area contributed by atoms with E-state index >= 15 is 0 Å². The highest BCUT2D eigenvalue weighted by Crippen LogP contribution is 2.29. The summed E-state index contributed by atoms with van der Waals surface area (Å²) in [7, 11) is 0. The zero-order valence-corrected chi connectivity index (χ0v) is 16.3. The molecule has 0 saturated heterocycles. The number of amides is 1. The summed E-state index contributed by atoms with van der Waals surface area (Å²) in [4.78, 5) is 21.6. The van der Waals surface area contributed by atoms with Crippen molar-refractivity contribution in [1.29, 1.82) is 0 Å². The van der Waals surface area contributed by atoms with E-state index in [1.54, 1.807) is 19.2 Å². The fourth-order valence-corrected chi connectivity index (χ4v) is 3.28. The number of rotatable bonds is 2. The van der Waals surface area contributed by atoms with E-state index in [0.29, 0.717) is 39.3 Å². The highest BCUT2D eigenvalue weighted by atomic mass is 79.9. The van der Waals surface area contributed by atoms with Gasteiger partial charge in [0.1, 0.15) is 0 Å². The summed E-state index contributed by atoms with van der Waals surface area (Å²) in [5.74, 6) is -0.254. The summed E-state index contributed by atoms with van der Waals surface area (Å²) in [6.45, 7) is 3.60. The van der Waals surface area contributed by atoms with Crippen LogP contribution in [0, 0.1) is 13.8 Å². The molecule has 0 spiro atoms. The monoisotopic (exact) mass is 432 g/mol. The molecule has 0 atom stereocenters. The Morgan fingerprint density at radius 3 is 2.85 bits per heavy atom. The number of halogens is 2. The number of aryl methyl sites for hydroxylation is 2. The molecule has 0 fully saturated rings. The molecule has 132 valence electrons. The number of carbonyl (C=O) groups excluding carboxylic acids is 1. The summed E-state index contributed by atoms with van der Waals surface area (Å²) in [6.07, 6.45) is 1.70. The van der Waals surface area contributed by atoms with Gasteiger partial charge < -0.3 is 9.84 Å². The first kappa shape index (κ1) is 18.3. The number of benzene rings is 1. The summed E-state index contributed by atoms with van der Waals surface area (Å²) in [6, 6.07) is 9.24. The predicted octanol–water partition coefficient (Wildman–Crippen LogP) is 4.82. The summed E-state index contributed by atoms with van der Waals surface area (Å²) >= 11 is 3.51. The molecule has 3 aromatic heterocycles. The van der Waals surface area contributed by atoms with Crippen LogP contribution in [-0.4, -0.2) is 21.0 Å². The minimum absolute atomic E-state index is 0. The second kappa shape index (κ2) is 7.01. The third-order valence-electron chi connectivity index (χ3n) is 3.95. The number of carbonyl (C=O) groups is 1. The minimum atomic E-state index is -0.254. The summed E-state index contributed by atoms with van der Waals surface area (Å²) < 4.78 is 6.12. The first-order valence-electron chi connectivity index (χ1n) is 7.63. The van der Waals surface area contributed by atoms with Crippen molar-refractivity contribution in [3.8, 4) is 0 Å². The number of nitrogens with zero attached hydrogens (tertiary/aromatic N) is 3. The molecule has 1 aromatic carbocycles. The van der Waals surface area contributed by atoms with Crippen LogP contribution in [0.25, 0.3) is 22.0 Å². The molecule has 0 saturated carbocycles. The van der Waals surface area contributed by atoms with Crippen molar-refractivity contribution in [3.05, 3.63) is 58.0 Å². The summed E-state index contributed by atoms with van der Waals surface area (Å²) in [5, 5.41) is 8.41. The van der Waals surface area contributed by atoms with Crippen molar-refractivity contribution in [3.63, 3.8) is 0 Å². The van der Waals surface area contributed by atoms with Gasteiger partial charge in [0.05, 0.1) is 27.8 Å². The van der Waals surface area contributed by atoms with E-state index in [4.69, 9.17) is 4.52 Å². The van der Waals surface area contributed by atoms with Crippen LogP contribution < -0.4 is 5.32 Å². The van der Waals surface area contributed by atoms with E-state index in [2.05, 4.69) is 36.4 Å². The number of anilines is 1. The lowest BCUT2D eigenvalue weighted by Crippen LogP contribution is -2.13. The Kier molecular flexibility index (Phi) is 4.93. The van der Waals surface area contributed by atoms with Gasteiger partial charge in [-0.25, -0.2) is 4.98 Å². The first-order valence-corrected chi connectivity index (χ1v) is 8.42. The van der Waals surface area contributed by atoms with Crippen LogP contribution in [0.2, 0.25) is 0 Å². The molecule has 0 bridgehead atoms. The predicted molar refractivity (Wildman–Crippen MR) is 106 cm³/mol. The fourth-order valence-electron chi connectivity index (χ4n) is 2.83. The smallest absolute Gasteiger partial charge is 0.258 e. The van der Waals surface area contributed by atoms with E-state index < -0.39 is 0 Å². The lowest BCUT2D eigenvalue weighted by atomic mass is 10.1. The molecule has 1 N–H and O–H groups in total. The van der Waals surface area contributed by atoms with Gasteiger partial charge in [0, 0.05) is 21.7 Å². The quantitative estimate of drug-likeness (QED) is 0.490. The maximum Gasteiger partial charge on any atom is 0.258 e. The highest BCUT2D eigenvalue weighted by Gasteiger charge is 2.19. The number of nitrogens with one attached hydrogen (secondary N) is 1. The SMILES string of the molecule is Cc1cc(C(=O)Nc2ccc(Br)c3cccnc23)c2c(C)noc2n1.Cl. The van der Waals surface area contributed by atoms with E-state index in [-0.39, 0.29) is 18.3 Å². The standard InChI is InChI=1S/C18H13BrN4O2.ClH/c1-9-8-12(15-10(2)23-25-18(15)21-9)17(24)22-14-6-5-13(19)11-4-3-7-20-16(11)14;/h3-8H,1-2H3,(H,22,24);1H. The van der Waals surface area contributed by atoms with Crippen LogP contribution in [0.1, 0.15) is 21.7 Å². The van der Waals surface area contributed by atoms with Crippen molar-refractivity contribution in [2.75, 3.05) is 5.32 Å². The molecule has 3 heterocycles. The zero-order valence-electron chi connectivity index (χ0n) is 13.9. The lowest BCUT2D eigenvalue weighted by molar-refractivity contribution is 0.102. The molecule has 0 radical (unpaired) electrons. The van der Waals surface area contributed by atoms with Crippen LogP contribution in [-0.2, 0) is 0 Å². The minimum Gasteiger partial charge on any atom is -0.336 e. The lowest BCUT2D eigenvalue weighted by Gasteiger charge is -2.10. The van der Waals surface area contributed by atoms with Crippen molar-refractivity contribution in [1.82, 2.24) is 15.1 Å². The average molecular weight is 434 g/mol. The second-order valence-electron chi connectivity index (χ2n) is 5.71. The van der Waals surface area contributed by atoms with Crippen LogP contribution >= 0.6 is 28.3 Å². The maximum atomic E-state index is 12.9. The molecule has 0 aliphatic carbocycles.